The zero-order valence-corrected chi connectivity index (χ0v) is 3.10. The lowest BCUT2D eigenvalue weighted by atomic mass is 10.8. The SMILES string of the molecule is CCN.F.F. The van der Waals surface area contributed by atoms with Crippen molar-refractivity contribution in [2.75, 3.05) is 6.54 Å². The summed E-state index contributed by atoms with van der Waals surface area (Å²) in [6.45, 7) is 2.65. The number of nitrogens with two attached hydrogens (primary N) is 1. The van der Waals surface area contributed by atoms with E-state index in [2.05, 4.69) is 0 Å². The molecule has 0 atom stereocenters. The number of hydrogen-bond donors (Lipinski definition) is 1. The Morgan fingerprint density at radius 3 is 1.40 bits per heavy atom. The first kappa shape index (κ1) is 21.2. The predicted molar refractivity (Wildman–Crippen MR) is 19.7 cm³/mol. The largest absolute Gasteiger partial charge is 0.331 e. The molecule has 1 nitrogen and oxygen atoms in total. The average molecular weight is 85.1 g/mol. The van der Waals surface area contributed by atoms with Crippen LogP contribution in [0.4, 0.5) is 9.41 Å². The third-order valence-corrected chi connectivity index (χ3v) is 0. The van der Waals surface area contributed by atoms with Crippen LogP contribution in [0.5, 0.6) is 0 Å². The summed E-state index contributed by atoms with van der Waals surface area (Å²) in [6, 6.07) is 0. The van der Waals surface area contributed by atoms with Crippen LogP contribution in [0.15, 0.2) is 0 Å². The summed E-state index contributed by atoms with van der Waals surface area (Å²) in [6.07, 6.45) is 0. The zero-order chi connectivity index (χ0) is 2.71. The van der Waals surface area contributed by atoms with Crippen molar-refractivity contribution in [2.24, 2.45) is 5.73 Å². The molecule has 0 unspecified atom stereocenters. The van der Waals surface area contributed by atoms with Gasteiger partial charge in [0, 0.05) is 0 Å². The molecule has 0 aliphatic heterocycles. The van der Waals surface area contributed by atoms with E-state index >= 15 is 0 Å². The molecule has 0 saturated heterocycles. The first-order chi connectivity index (χ1) is 1.41. The average Bonchev–Trinajstić information content (AvgIpc) is 0.918. The highest BCUT2D eigenvalue weighted by Gasteiger charge is 1.32. The predicted octanol–water partition coefficient (Wildman–Crippen LogP) is 0.270. The van der Waals surface area contributed by atoms with Crippen molar-refractivity contribution in [1.82, 2.24) is 0 Å². The maximum Gasteiger partial charge on any atom is -0.0106 e. The summed E-state index contributed by atoms with van der Waals surface area (Å²) in [5.74, 6) is 0. The first-order valence-corrected chi connectivity index (χ1v) is 1.12. The second-order valence-corrected chi connectivity index (χ2v) is 0.408. The minimum Gasteiger partial charge on any atom is -0.331 e. The van der Waals surface area contributed by atoms with E-state index in [4.69, 9.17) is 5.73 Å². The van der Waals surface area contributed by atoms with E-state index in [1.807, 2.05) is 6.92 Å². The van der Waals surface area contributed by atoms with Gasteiger partial charge in [-0.15, -0.1) is 0 Å². The van der Waals surface area contributed by atoms with Crippen molar-refractivity contribution in [3.8, 4) is 0 Å². The van der Waals surface area contributed by atoms with Gasteiger partial charge in [-0.3, -0.25) is 9.41 Å². The van der Waals surface area contributed by atoms with Gasteiger partial charge in [0.1, 0.15) is 0 Å². The van der Waals surface area contributed by atoms with Crippen LogP contribution >= 0.6 is 0 Å². The fraction of sp³-hybridized carbons (Fsp3) is 1.00. The maximum atomic E-state index is 4.85. The van der Waals surface area contributed by atoms with E-state index in [0.717, 1.165) is 6.54 Å². The van der Waals surface area contributed by atoms with Gasteiger partial charge in [0.05, 0.1) is 0 Å². The number of rotatable bonds is 0. The normalized spacial score (nSPS) is 3.60. The molecule has 5 heavy (non-hydrogen) atoms. The Hall–Kier alpha value is -0.180. The monoisotopic (exact) mass is 85.1 g/mol. The topological polar surface area (TPSA) is 26.0 Å². The van der Waals surface area contributed by atoms with E-state index in [-0.39, 0.29) is 9.41 Å². The molecule has 0 aliphatic carbocycles. The standard InChI is InChI=1S/C2H7N.2FH/c1-2-3;;/h2-3H2,1H3;2*1H. The molecule has 0 saturated carbocycles. The molecular weight excluding hydrogens is 76.0 g/mol. The van der Waals surface area contributed by atoms with E-state index < -0.39 is 0 Å². The molecule has 0 aromatic rings. The Labute approximate surface area is 29.9 Å². The molecule has 2 N–H and O–H groups in total. The second-order valence-electron chi connectivity index (χ2n) is 0.408. The third kappa shape index (κ3) is 391. The summed E-state index contributed by atoms with van der Waals surface area (Å²) >= 11 is 0. The molecule has 0 rings (SSSR count). The molecule has 0 fully saturated rings. The van der Waals surface area contributed by atoms with Crippen molar-refractivity contribution < 1.29 is 9.41 Å². The number of hydrogen-bond acceptors (Lipinski definition) is 1. The molecule has 0 aromatic carbocycles. The smallest absolute Gasteiger partial charge is 0.0106 e. The van der Waals surface area contributed by atoms with Crippen LogP contribution in [0.25, 0.3) is 0 Å². The van der Waals surface area contributed by atoms with Crippen molar-refractivity contribution >= 4 is 0 Å². The lowest BCUT2D eigenvalue weighted by Crippen LogP contribution is -1.87. The lowest BCUT2D eigenvalue weighted by molar-refractivity contribution is 1.11. The summed E-state index contributed by atoms with van der Waals surface area (Å²) in [7, 11) is 0. The minimum atomic E-state index is 0. The van der Waals surface area contributed by atoms with Gasteiger partial charge in [0.25, 0.3) is 0 Å². The van der Waals surface area contributed by atoms with Gasteiger partial charge >= 0.3 is 0 Å². The summed E-state index contributed by atoms with van der Waals surface area (Å²) in [5, 5.41) is 0. The fourth-order valence-electron chi connectivity index (χ4n) is 0. The fourth-order valence-corrected chi connectivity index (χ4v) is 0. The van der Waals surface area contributed by atoms with Gasteiger partial charge in [-0.25, -0.2) is 0 Å². The molecule has 0 radical (unpaired) electrons. The highest BCUT2D eigenvalue weighted by molar-refractivity contribution is 4.00. The Bertz CT molecular complexity index is 7.61. The van der Waals surface area contributed by atoms with Crippen molar-refractivity contribution in [1.29, 1.82) is 0 Å². The molecule has 0 heterocycles. The van der Waals surface area contributed by atoms with Gasteiger partial charge in [0.15, 0.2) is 0 Å². The quantitative estimate of drug-likeness (QED) is 0.449. The van der Waals surface area contributed by atoms with Gasteiger partial charge in [-0.2, -0.15) is 0 Å². The molecule has 0 amide bonds. The van der Waals surface area contributed by atoms with Crippen LogP contribution < -0.4 is 5.73 Å². The van der Waals surface area contributed by atoms with Crippen molar-refractivity contribution in [3.63, 3.8) is 0 Å². The van der Waals surface area contributed by atoms with Crippen LogP contribution in [0.2, 0.25) is 0 Å². The van der Waals surface area contributed by atoms with Gasteiger partial charge in [0.2, 0.25) is 0 Å². The summed E-state index contributed by atoms with van der Waals surface area (Å²) in [5.41, 5.74) is 4.85. The van der Waals surface area contributed by atoms with Crippen LogP contribution in [-0.4, -0.2) is 6.54 Å². The van der Waals surface area contributed by atoms with Crippen molar-refractivity contribution in [2.45, 2.75) is 6.92 Å². The first-order valence-electron chi connectivity index (χ1n) is 1.12. The Morgan fingerprint density at radius 2 is 1.40 bits per heavy atom. The maximum absolute atomic E-state index is 4.85. The Balaban J connectivity index is -0.0000000200. The zero-order valence-electron chi connectivity index (χ0n) is 3.10. The molecular formula is C2H9F2N. The molecule has 0 spiro atoms. The van der Waals surface area contributed by atoms with E-state index in [1.54, 1.807) is 0 Å². The van der Waals surface area contributed by atoms with E-state index in [9.17, 15) is 0 Å². The van der Waals surface area contributed by atoms with Crippen LogP contribution in [-0.2, 0) is 0 Å². The molecule has 36 valence electrons. The van der Waals surface area contributed by atoms with E-state index in [0.29, 0.717) is 0 Å². The highest BCUT2D eigenvalue weighted by atomic mass is 19.0. The third-order valence-electron chi connectivity index (χ3n) is 0. The van der Waals surface area contributed by atoms with Gasteiger partial charge < -0.3 is 5.73 Å². The lowest BCUT2D eigenvalue weighted by Gasteiger charge is -1.53. The number of halogens is 2. The second kappa shape index (κ2) is 45.2. The molecule has 0 bridgehead atoms. The Morgan fingerprint density at radius 1 is 1.40 bits per heavy atom. The van der Waals surface area contributed by atoms with Crippen LogP contribution in [0, 0.1) is 0 Å². The van der Waals surface area contributed by atoms with Crippen LogP contribution in [0.3, 0.4) is 0 Å². The van der Waals surface area contributed by atoms with Crippen LogP contribution in [0.1, 0.15) is 6.92 Å². The highest BCUT2D eigenvalue weighted by Crippen LogP contribution is 1.20. The summed E-state index contributed by atoms with van der Waals surface area (Å²) in [4.78, 5) is 0. The summed E-state index contributed by atoms with van der Waals surface area (Å²) < 4.78 is 0. The minimum absolute atomic E-state index is 0. The van der Waals surface area contributed by atoms with Crippen molar-refractivity contribution in [3.05, 3.63) is 0 Å². The Kier molecular flexibility index (Phi) is 192. The van der Waals surface area contributed by atoms with E-state index in [1.165, 1.54) is 0 Å². The molecule has 0 aromatic heterocycles. The van der Waals surface area contributed by atoms with Gasteiger partial charge in [-0.1, -0.05) is 6.92 Å². The molecule has 0 aliphatic rings. The molecule has 3 heteroatoms. The van der Waals surface area contributed by atoms with Gasteiger partial charge in [-0.05, 0) is 6.54 Å².